The minimum absolute atomic E-state index is 0.264. The van der Waals surface area contributed by atoms with Crippen LogP contribution in [0.1, 0.15) is 0 Å². The number of nitrogens with one attached hydrogen (secondary N) is 1. The molecule has 0 aliphatic carbocycles. The highest BCUT2D eigenvalue weighted by molar-refractivity contribution is 5.81. The van der Waals surface area contributed by atoms with Crippen molar-refractivity contribution in [3.05, 3.63) is 66.7 Å². The number of hydrogen-bond acceptors (Lipinski definition) is 5. The van der Waals surface area contributed by atoms with Gasteiger partial charge in [0.25, 0.3) is 0 Å². The van der Waals surface area contributed by atoms with Crippen LogP contribution in [0.4, 0.5) is 10.2 Å². The highest BCUT2D eigenvalue weighted by Crippen LogP contribution is 2.32. The second-order valence-electron chi connectivity index (χ2n) is 8.08. The highest BCUT2D eigenvalue weighted by atomic mass is 19.1. The number of halogens is 1. The van der Waals surface area contributed by atoms with Crippen LogP contribution in [0.3, 0.4) is 0 Å². The lowest BCUT2D eigenvalue weighted by Crippen LogP contribution is -2.26. The summed E-state index contributed by atoms with van der Waals surface area (Å²) in [4.78, 5) is 16.4. The van der Waals surface area contributed by atoms with Gasteiger partial charge in [-0.1, -0.05) is 0 Å². The van der Waals surface area contributed by atoms with Crippen LogP contribution < -0.4 is 10.2 Å². The van der Waals surface area contributed by atoms with Crippen molar-refractivity contribution in [1.29, 1.82) is 0 Å². The fourth-order valence-corrected chi connectivity index (χ4v) is 4.70. The number of rotatable bonds is 3. The molecular weight excluding hydrogens is 379 g/mol. The maximum absolute atomic E-state index is 13.5. The van der Waals surface area contributed by atoms with Gasteiger partial charge < -0.3 is 10.2 Å². The Labute approximate surface area is 173 Å². The molecule has 2 saturated heterocycles. The van der Waals surface area contributed by atoms with Crippen molar-refractivity contribution in [3.63, 3.8) is 0 Å². The number of anilines is 1. The van der Waals surface area contributed by atoms with Crippen LogP contribution in [0, 0.1) is 17.7 Å². The Bertz CT molecular complexity index is 1190. The number of hydrogen-bond donors (Lipinski definition) is 1. The van der Waals surface area contributed by atoms with Gasteiger partial charge in [-0.2, -0.15) is 0 Å². The lowest BCUT2D eigenvalue weighted by Gasteiger charge is -2.18. The number of pyridine rings is 2. The molecule has 1 N–H and O–H groups in total. The Morgan fingerprint density at radius 3 is 2.33 bits per heavy atom. The minimum Gasteiger partial charge on any atom is -0.356 e. The minimum atomic E-state index is -0.264. The number of fused-ring (bicyclic) bond motifs is 2. The van der Waals surface area contributed by atoms with E-state index in [9.17, 15) is 4.39 Å². The van der Waals surface area contributed by atoms with Crippen LogP contribution in [0.2, 0.25) is 0 Å². The van der Waals surface area contributed by atoms with Gasteiger partial charge in [-0.05, 0) is 60.4 Å². The average molecular weight is 400 g/mol. The number of aromatic nitrogens is 4. The molecule has 30 heavy (non-hydrogen) atoms. The standard InChI is InChI=1S/C23H21FN6/c24-18-3-1-15(2-4-18)22-27-20-5-6-21(29-13-16-11-26-12-17(16)14-29)28-23(20)30(22)19-7-9-25-10-8-19/h1-10,16-17,26H,11-14H2. The van der Waals surface area contributed by atoms with E-state index in [0.717, 1.165) is 60.2 Å². The molecule has 0 bridgehead atoms. The van der Waals surface area contributed by atoms with Gasteiger partial charge in [0.15, 0.2) is 5.65 Å². The van der Waals surface area contributed by atoms with E-state index < -0.39 is 0 Å². The smallest absolute Gasteiger partial charge is 0.167 e. The molecule has 6 nitrogen and oxygen atoms in total. The fourth-order valence-electron chi connectivity index (χ4n) is 4.70. The Balaban J connectivity index is 1.50. The molecule has 5 heterocycles. The second kappa shape index (κ2) is 6.88. The van der Waals surface area contributed by atoms with E-state index in [2.05, 4.69) is 21.3 Å². The summed E-state index contributed by atoms with van der Waals surface area (Å²) in [6.07, 6.45) is 3.52. The van der Waals surface area contributed by atoms with E-state index in [1.165, 1.54) is 12.1 Å². The molecule has 0 saturated carbocycles. The molecule has 7 heteroatoms. The van der Waals surface area contributed by atoms with Crippen molar-refractivity contribution in [2.24, 2.45) is 11.8 Å². The quantitative estimate of drug-likeness (QED) is 0.572. The van der Waals surface area contributed by atoms with Gasteiger partial charge >= 0.3 is 0 Å². The molecule has 2 atom stereocenters. The molecule has 0 amide bonds. The average Bonchev–Trinajstić information content (AvgIpc) is 3.47. The lowest BCUT2D eigenvalue weighted by molar-refractivity contribution is 0.533. The molecule has 1 aromatic carbocycles. The van der Waals surface area contributed by atoms with Gasteiger partial charge in [-0.15, -0.1) is 0 Å². The molecule has 6 rings (SSSR count). The van der Waals surface area contributed by atoms with Crippen LogP contribution in [-0.4, -0.2) is 45.7 Å². The summed E-state index contributed by atoms with van der Waals surface area (Å²) in [5, 5.41) is 3.49. The topological polar surface area (TPSA) is 58.9 Å². The second-order valence-corrected chi connectivity index (χ2v) is 8.08. The largest absolute Gasteiger partial charge is 0.356 e. The first-order chi connectivity index (χ1) is 14.8. The summed E-state index contributed by atoms with van der Waals surface area (Å²) in [7, 11) is 0. The Kier molecular flexibility index (Phi) is 4.02. The van der Waals surface area contributed by atoms with Crippen molar-refractivity contribution < 1.29 is 4.39 Å². The Hall–Kier alpha value is -3.32. The van der Waals surface area contributed by atoms with Crippen molar-refractivity contribution in [3.8, 4) is 17.1 Å². The van der Waals surface area contributed by atoms with E-state index in [1.807, 2.05) is 22.8 Å². The van der Waals surface area contributed by atoms with Gasteiger partial charge in [0.2, 0.25) is 0 Å². The van der Waals surface area contributed by atoms with Crippen molar-refractivity contribution >= 4 is 17.0 Å². The van der Waals surface area contributed by atoms with Crippen LogP contribution >= 0.6 is 0 Å². The number of imidazole rings is 1. The van der Waals surface area contributed by atoms with Crippen molar-refractivity contribution in [1.82, 2.24) is 24.8 Å². The molecule has 2 unspecified atom stereocenters. The Morgan fingerprint density at radius 2 is 1.60 bits per heavy atom. The molecule has 2 fully saturated rings. The van der Waals surface area contributed by atoms with Gasteiger partial charge in [0, 0.05) is 44.1 Å². The maximum atomic E-state index is 13.5. The third-order valence-electron chi connectivity index (χ3n) is 6.23. The summed E-state index contributed by atoms with van der Waals surface area (Å²) in [5.41, 5.74) is 3.39. The molecule has 2 aliphatic heterocycles. The summed E-state index contributed by atoms with van der Waals surface area (Å²) < 4.78 is 15.5. The molecule has 2 aliphatic rings. The number of nitrogens with zero attached hydrogens (tertiary/aromatic N) is 5. The molecule has 0 radical (unpaired) electrons. The van der Waals surface area contributed by atoms with Gasteiger partial charge in [0.05, 0.1) is 5.69 Å². The van der Waals surface area contributed by atoms with Crippen LogP contribution in [0.25, 0.3) is 28.2 Å². The van der Waals surface area contributed by atoms with Crippen LogP contribution in [0.5, 0.6) is 0 Å². The van der Waals surface area contributed by atoms with Gasteiger partial charge in [-0.25, -0.2) is 14.4 Å². The fraction of sp³-hybridized carbons (Fsp3) is 0.261. The summed E-state index contributed by atoms with van der Waals surface area (Å²) in [6.45, 7) is 4.24. The predicted octanol–water partition coefficient (Wildman–Crippen LogP) is 3.28. The van der Waals surface area contributed by atoms with E-state index in [4.69, 9.17) is 9.97 Å². The predicted molar refractivity (Wildman–Crippen MR) is 114 cm³/mol. The zero-order valence-corrected chi connectivity index (χ0v) is 16.4. The monoisotopic (exact) mass is 400 g/mol. The lowest BCUT2D eigenvalue weighted by atomic mass is 10.0. The number of benzene rings is 1. The Morgan fingerprint density at radius 1 is 0.867 bits per heavy atom. The highest BCUT2D eigenvalue weighted by Gasteiger charge is 2.36. The SMILES string of the molecule is Fc1ccc(-c2nc3ccc(N4CC5CNCC5C4)nc3n2-c2ccncc2)cc1. The third-order valence-corrected chi connectivity index (χ3v) is 6.23. The normalized spacial score (nSPS) is 20.8. The summed E-state index contributed by atoms with van der Waals surface area (Å²) in [6, 6.07) is 14.4. The van der Waals surface area contributed by atoms with E-state index >= 15 is 0 Å². The van der Waals surface area contributed by atoms with Crippen LogP contribution in [-0.2, 0) is 0 Å². The zero-order chi connectivity index (χ0) is 20.1. The van der Waals surface area contributed by atoms with E-state index in [0.29, 0.717) is 11.8 Å². The summed E-state index contributed by atoms with van der Waals surface area (Å²) >= 11 is 0. The molecule has 0 spiro atoms. The van der Waals surface area contributed by atoms with Crippen molar-refractivity contribution in [2.75, 3.05) is 31.1 Å². The first-order valence-electron chi connectivity index (χ1n) is 10.3. The first kappa shape index (κ1) is 17.5. The summed E-state index contributed by atoms with van der Waals surface area (Å²) in [5.74, 6) is 2.85. The first-order valence-corrected chi connectivity index (χ1v) is 10.3. The van der Waals surface area contributed by atoms with E-state index in [-0.39, 0.29) is 5.82 Å². The third kappa shape index (κ3) is 2.85. The van der Waals surface area contributed by atoms with E-state index in [1.54, 1.807) is 24.5 Å². The molecule has 150 valence electrons. The van der Waals surface area contributed by atoms with Crippen LogP contribution in [0.15, 0.2) is 60.9 Å². The maximum Gasteiger partial charge on any atom is 0.167 e. The van der Waals surface area contributed by atoms with Gasteiger partial charge in [0.1, 0.15) is 23.0 Å². The van der Waals surface area contributed by atoms with Crippen molar-refractivity contribution in [2.45, 2.75) is 0 Å². The molecule has 3 aromatic heterocycles. The zero-order valence-electron chi connectivity index (χ0n) is 16.4. The molecular formula is C23H21FN6. The van der Waals surface area contributed by atoms with Gasteiger partial charge in [-0.3, -0.25) is 9.55 Å². The molecule has 4 aromatic rings.